The van der Waals surface area contributed by atoms with E-state index < -0.39 is 11.0 Å². The Morgan fingerprint density at radius 2 is 1.89 bits per heavy atom. The molecule has 1 aromatic heterocycles. The zero-order valence-corrected chi connectivity index (χ0v) is 15.0. The van der Waals surface area contributed by atoms with Crippen LogP contribution in [0.2, 0.25) is 0 Å². The van der Waals surface area contributed by atoms with Crippen LogP contribution in [-0.2, 0) is 4.79 Å². The van der Waals surface area contributed by atoms with Crippen LogP contribution in [0.1, 0.15) is 13.0 Å². The van der Waals surface area contributed by atoms with E-state index in [2.05, 4.69) is 10.3 Å². The lowest BCUT2D eigenvalue weighted by Gasteiger charge is -2.15. The van der Waals surface area contributed by atoms with E-state index in [4.69, 9.17) is 9.47 Å². The fourth-order valence-corrected chi connectivity index (χ4v) is 2.76. The first-order valence-corrected chi connectivity index (χ1v) is 8.08. The summed E-state index contributed by atoms with van der Waals surface area (Å²) in [4.78, 5) is 27.7. The van der Waals surface area contributed by atoms with E-state index in [0.29, 0.717) is 28.2 Å². The molecule has 1 N–H and O–H groups in total. The second-order valence-corrected chi connectivity index (χ2v) is 5.82. The van der Waals surface area contributed by atoms with E-state index in [9.17, 15) is 14.9 Å². The maximum atomic E-state index is 12.7. The van der Waals surface area contributed by atoms with E-state index in [1.807, 2.05) is 0 Å². The molecule has 140 valence electrons. The number of amides is 1. The van der Waals surface area contributed by atoms with Crippen LogP contribution in [0.15, 0.2) is 42.7 Å². The summed E-state index contributed by atoms with van der Waals surface area (Å²) < 4.78 is 11.9. The van der Waals surface area contributed by atoms with E-state index in [0.717, 1.165) is 0 Å². The molecule has 1 unspecified atom stereocenters. The summed E-state index contributed by atoms with van der Waals surface area (Å²) in [5, 5.41) is 14.1. The van der Waals surface area contributed by atoms with Crippen LogP contribution in [0.5, 0.6) is 11.5 Å². The normalized spacial score (nSPS) is 11.8. The summed E-state index contributed by atoms with van der Waals surface area (Å²) in [5.41, 5.74) is 1.13. The number of anilines is 1. The Morgan fingerprint density at radius 1 is 1.22 bits per heavy atom. The van der Waals surface area contributed by atoms with Crippen molar-refractivity contribution in [2.75, 3.05) is 19.5 Å². The highest BCUT2D eigenvalue weighted by atomic mass is 16.6. The van der Waals surface area contributed by atoms with Gasteiger partial charge in [0.05, 0.1) is 31.0 Å². The molecule has 0 fully saturated rings. The third kappa shape index (κ3) is 3.52. The Bertz CT molecular complexity index is 992. The molecule has 2 aromatic carbocycles. The number of imidazole rings is 1. The number of non-ortho nitro benzene ring substituents is 1. The average molecular weight is 370 g/mol. The predicted molar refractivity (Wildman–Crippen MR) is 99.3 cm³/mol. The standard InChI is InChI=1S/C18H18N4O5/c1-11(18(23)20-12-7-13(26-2)9-14(8-12)27-3)21-10-19-15-5-4-6-16(17(15)21)22(24)25/h4-11H,1-3H3,(H,20,23). The predicted octanol–water partition coefficient (Wildman–Crippen LogP) is 3.16. The number of nitrogens with one attached hydrogen (secondary N) is 1. The molecule has 3 rings (SSSR count). The van der Waals surface area contributed by atoms with E-state index >= 15 is 0 Å². The summed E-state index contributed by atoms with van der Waals surface area (Å²) in [5.74, 6) is 0.699. The van der Waals surface area contributed by atoms with Crippen LogP contribution in [0.4, 0.5) is 11.4 Å². The second kappa shape index (κ2) is 7.32. The van der Waals surface area contributed by atoms with Crippen molar-refractivity contribution in [3.05, 3.63) is 52.8 Å². The highest BCUT2D eigenvalue weighted by molar-refractivity contribution is 5.95. The van der Waals surface area contributed by atoms with Crippen molar-refractivity contribution < 1.29 is 19.2 Å². The summed E-state index contributed by atoms with van der Waals surface area (Å²) in [6.07, 6.45) is 1.42. The quantitative estimate of drug-likeness (QED) is 0.527. The maximum Gasteiger partial charge on any atom is 0.295 e. The molecule has 0 radical (unpaired) electrons. The number of hydrogen-bond acceptors (Lipinski definition) is 6. The Balaban J connectivity index is 1.93. The summed E-state index contributed by atoms with van der Waals surface area (Å²) in [6.45, 7) is 1.64. The molecule has 0 bridgehead atoms. The van der Waals surface area contributed by atoms with Crippen LogP contribution >= 0.6 is 0 Å². The average Bonchev–Trinajstić information content (AvgIpc) is 3.10. The van der Waals surface area contributed by atoms with Gasteiger partial charge in [-0.1, -0.05) is 6.07 Å². The molecule has 0 aliphatic rings. The SMILES string of the molecule is COc1cc(NC(=O)C(C)n2cnc3cccc([N+](=O)[O-])c32)cc(OC)c1. The number of carbonyl (C=O) groups excluding carboxylic acids is 1. The van der Waals surface area contributed by atoms with Gasteiger partial charge in [-0.05, 0) is 13.0 Å². The Morgan fingerprint density at radius 3 is 2.48 bits per heavy atom. The molecule has 1 amide bonds. The van der Waals surface area contributed by atoms with Crippen molar-refractivity contribution in [1.82, 2.24) is 9.55 Å². The summed E-state index contributed by atoms with van der Waals surface area (Å²) in [6, 6.07) is 8.88. The van der Waals surface area contributed by atoms with Crippen molar-refractivity contribution in [3.8, 4) is 11.5 Å². The molecule has 0 saturated carbocycles. The third-order valence-corrected chi connectivity index (χ3v) is 4.19. The molecule has 1 atom stereocenters. The molecule has 27 heavy (non-hydrogen) atoms. The Labute approximate surface area is 154 Å². The zero-order valence-electron chi connectivity index (χ0n) is 15.0. The number of methoxy groups -OCH3 is 2. The van der Waals surface area contributed by atoms with Crippen LogP contribution in [0.25, 0.3) is 11.0 Å². The van der Waals surface area contributed by atoms with Crippen LogP contribution in [-0.4, -0.2) is 34.6 Å². The fourth-order valence-electron chi connectivity index (χ4n) is 2.76. The van der Waals surface area contributed by atoms with Gasteiger partial charge in [-0.15, -0.1) is 0 Å². The Kier molecular flexibility index (Phi) is 4.93. The maximum absolute atomic E-state index is 12.7. The van der Waals surface area contributed by atoms with Crippen molar-refractivity contribution in [2.24, 2.45) is 0 Å². The molecule has 0 saturated heterocycles. The lowest BCUT2D eigenvalue weighted by atomic mass is 10.2. The van der Waals surface area contributed by atoms with Gasteiger partial charge in [-0.25, -0.2) is 4.98 Å². The Hall–Kier alpha value is -3.62. The van der Waals surface area contributed by atoms with Crippen LogP contribution in [0, 0.1) is 10.1 Å². The van der Waals surface area contributed by atoms with Crippen molar-refractivity contribution in [3.63, 3.8) is 0 Å². The number of aromatic nitrogens is 2. The van der Waals surface area contributed by atoms with Crippen molar-refractivity contribution >= 4 is 28.3 Å². The lowest BCUT2D eigenvalue weighted by molar-refractivity contribution is -0.383. The molecular formula is C18H18N4O5. The number of nitro groups is 1. The highest BCUT2D eigenvalue weighted by Gasteiger charge is 2.23. The molecule has 9 nitrogen and oxygen atoms in total. The first kappa shape index (κ1) is 18.2. The number of ether oxygens (including phenoxy) is 2. The van der Waals surface area contributed by atoms with Gasteiger partial charge >= 0.3 is 0 Å². The van der Waals surface area contributed by atoms with Gasteiger partial charge in [0.1, 0.15) is 23.1 Å². The van der Waals surface area contributed by atoms with Crippen molar-refractivity contribution in [2.45, 2.75) is 13.0 Å². The van der Waals surface area contributed by atoms with Gasteiger partial charge in [0.15, 0.2) is 0 Å². The minimum atomic E-state index is -0.728. The van der Waals surface area contributed by atoms with Gasteiger partial charge in [-0.3, -0.25) is 14.9 Å². The summed E-state index contributed by atoms with van der Waals surface area (Å²) >= 11 is 0. The number of nitro benzene ring substituents is 1. The van der Waals surface area contributed by atoms with Gasteiger partial charge < -0.3 is 19.4 Å². The van der Waals surface area contributed by atoms with Crippen LogP contribution in [0.3, 0.4) is 0 Å². The molecule has 0 aliphatic carbocycles. The number of fused-ring (bicyclic) bond motifs is 1. The van der Waals surface area contributed by atoms with Gasteiger partial charge in [0.2, 0.25) is 5.91 Å². The lowest BCUT2D eigenvalue weighted by Crippen LogP contribution is -2.23. The van der Waals surface area contributed by atoms with Crippen LogP contribution < -0.4 is 14.8 Å². The van der Waals surface area contributed by atoms with E-state index in [1.54, 1.807) is 37.3 Å². The molecule has 9 heteroatoms. The van der Waals surface area contributed by atoms with Gasteiger partial charge in [0.25, 0.3) is 5.69 Å². The summed E-state index contributed by atoms with van der Waals surface area (Å²) in [7, 11) is 3.03. The number of hydrogen-bond donors (Lipinski definition) is 1. The molecule has 0 spiro atoms. The molecule has 0 aliphatic heterocycles. The van der Waals surface area contributed by atoms with E-state index in [1.165, 1.54) is 31.2 Å². The van der Waals surface area contributed by atoms with Crippen molar-refractivity contribution in [1.29, 1.82) is 0 Å². The monoisotopic (exact) mass is 370 g/mol. The first-order valence-electron chi connectivity index (χ1n) is 8.08. The second-order valence-electron chi connectivity index (χ2n) is 5.82. The smallest absolute Gasteiger partial charge is 0.295 e. The number of para-hydroxylation sites is 1. The number of carbonyl (C=O) groups is 1. The molecule has 3 aromatic rings. The fraction of sp³-hybridized carbons (Fsp3) is 0.222. The van der Waals surface area contributed by atoms with Gasteiger partial charge in [0, 0.05) is 30.0 Å². The topological polar surface area (TPSA) is 109 Å². The van der Waals surface area contributed by atoms with Gasteiger partial charge in [-0.2, -0.15) is 0 Å². The first-order chi connectivity index (χ1) is 12.9. The number of benzene rings is 2. The zero-order chi connectivity index (χ0) is 19.6. The highest BCUT2D eigenvalue weighted by Crippen LogP contribution is 2.29. The molecular weight excluding hydrogens is 352 g/mol. The largest absolute Gasteiger partial charge is 0.497 e. The minimum Gasteiger partial charge on any atom is -0.497 e. The number of nitrogens with zero attached hydrogens (tertiary/aromatic N) is 3. The molecule has 1 heterocycles. The number of rotatable bonds is 6. The third-order valence-electron chi connectivity index (χ3n) is 4.19. The minimum absolute atomic E-state index is 0.104. The van der Waals surface area contributed by atoms with E-state index in [-0.39, 0.29) is 11.6 Å².